The Morgan fingerprint density at radius 3 is 2.56 bits per heavy atom. The standard InChI is InChI=1S/C19H31N3O3/c1-15(25-18-9-7-17(23-3)8-10-18)13-22-19(20-2)21-11-4-12-24-14-16-5-6-16/h7-10,15-16H,4-6,11-14H2,1-3H3,(H2,20,21,22). The van der Waals surface area contributed by atoms with Crippen molar-refractivity contribution in [2.75, 3.05) is 40.5 Å². The highest BCUT2D eigenvalue weighted by atomic mass is 16.5. The Morgan fingerprint density at radius 1 is 1.20 bits per heavy atom. The van der Waals surface area contributed by atoms with E-state index in [1.807, 2.05) is 31.2 Å². The number of nitrogens with zero attached hydrogens (tertiary/aromatic N) is 1. The van der Waals surface area contributed by atoms with Crippen molar-refractivity contribution in [1.82, 2.24) is 10.6 Å². The number of methoxy groups -OCH3 is 1. The first kappa shape index (κ1) is 19.4. The van der Waals surface area contributed by atoms with E-state index in [9.17, 15) is 0 Å². The molecule has 0 bridgehead atoms. The van der Waals surface area contributed by atoms with E-state index >= 15 is 0 Å². The minimum atomic E-state index is 0.0221. The van der Waals surface area contributed by atoms with E-state index in [1.54, 1.807) is 14.2 Å². The van der Waals surface area contributed by atoms with Crippen LogP contribution in [0, 0.1) is 5.92 Å². The molecule has 25 heavy (non-hydrogen) atoms. The summed E-state index contributed by atoms with van der Waals surface area (Å²) in [6.45, 7) is 5.27. The number of aliphatic imine (C=N–C) groups is 1. The lowest BCUT2D eigenvalue weighted by Gasteiger charge is -2.18. The van der Waals surface area contributed by atoms with Crippen LogP contribution in [0.2, 0.25) is 0 Å². The maximum Gasteiger partial charge on any atom is 0.191 e. The molecule has 1 aromatic carbocycles. The molecule has 0 radical (unpaired) electrons. The smallest absolute Gasteiger partial charge is 0.191 e. The Balaban J connectivity index is 1.56. The molecule has 0 aromatic heterocycles. The quantitative estimate of drug-likeness (QED) is 0.365. The maximum atomic E-state index is 5.87. The van der Waals surface area contributed by atoms with Gasteiger partial charge in [0, 0.05) is 26.8 Å². The number of benzene rings is 1. The third kappa shape index (κ3) is 8.12. The summed E-state index contributed by atoms with van der Waals surface area (Å²) >= 11 is 0. The van der Waals surface area contributed by atoms with E-state index in [-0.39, 0.29) is 6.10 Å². The van der Waals surface area contributed by atoms with Crippen molar-refractivity contribution in [2.45, 2.75) is 32.3 Å². The molecule has 140 valence electrons. The molecule has 1 aromatic rings. The third-order valence-corrected chi connectivity index (χ3v) is 3.99. The molecule has 1 aliphatic carbocycles. The molecule has 1 unspecified atom stereocenters. The first-order valence-corrected chi connectivity index (χ1v) is 9.04. The van der Waals surface area contributed by atoms with E-state index in [0.717, 1.165) is 49.6 Å². The first-order valence-electron chi connectivity index (χ1n) is 9.04. The zero-order valence-electron chi connectivity index (χ0n) is 15.6. The normalized spacial score (nSPS) is 15.6. The molecule has 6 heteroatoms. The molecule has 0 heterocycles. The van der Waals surface area contributed by atoms with Gasteiger partial charge in [-0.05, 0) is 56.4 Å². The lowest BCUT2D eigenvalue weighted by molar-refractivity contribution is 0.123. The number of rotatable bonds is 11. The van der Waals surface area contributed by atoms with Gasteiger partial charge in [-0.25, -0.2) is 0 Å². The maximum absolute atomic E-state index is 5.87. The van der Waals surface area contributed by atoms with Gasteiger partial charge in [-0.1, -0.05) is 0 Å². The monoisotopic (exact) mass is 349 g/mol. The zero-order chi connectivity index (χ0) is 17.9. The van der Waals surface area contributed by atoms with Crippen LogP contribution < -0.4 is 20.1 Å². The highest BCUT2D eigenvalue weighted by Crippen LogP contribution is 2.28. The fraction of sp³-hybridized carbons (Fsp3) is 0.632. The minimum absolute atomic E-state index is 0.0221. The first-order chi connectivity index (χ1) is 12.2. The van der Waals surface area contributed by atoms with Crippen LogP contribution >= 0.6 is 0 Å². The Bertz CT molecular complexity index is 515. The van der Waals surface area contributed by atoms with Gasteiger partial charge in [0.1, 0.15) is 17.6 Å². The van der Waals surface area contributed by atoms with Crippen LogP contribution in [0.15, 0.2) is 29.3 Å². The highest BCUT2D eigenvalue weighted by Gasteiger charge is 2.20. The molecule has 0 aliphatic heterocycles. The molecule has 1 aliphatic rings. The molecule has 2 rings (SSSR count). The van der Waals surface area contributed by atoms with Gasteiger partial charge in [-0.2, -0.15) is 0 Å². The summed E-state index contributed by atoms with van der Waals surface area (Å²) < 4.78 is 16.6. The summed E-state index contributed by atoms with van der Waals surface area (Å²) in [4.78, 5) is 4.23. The van der Waals surface area contributed by atoms with Crippen LogP contribution in [0.1, 0.15) is 26.2 Å². The number of guanidine groups is 1. The Hall–Kier alpha value is -1.95. The van der Waals surface area contributed by atoms with Gasteiger partial charge in [-0.15, -0.1) is 0 Å². The number of nitrogens with one attached hydrogen (secondary N) is 2. The lowest BCUT2D eigenvalue weighted by Crippen LogP contribution is -2.42. The van der Waals surface area contributed by atoms with Gasteiger partial charge in [0.15, 0.2) is 5.96 Å². The van der Waals surface area contributed by atoms with Crippen molar-refractivity contribution in [2.24, 2.45) is 10.9 Å². The SMILES string of the molecule is CN=C(NCCCOCC1CC1)NCC(C)Oc1ccc(OC)cc1. The topological polar surface area (TPSA) is 64.1 Å². The van der Waals surface area contributed by atoms with Crippen LogP contribution in [0.5, 0.6) is 11.5 Å². The molecule has 1 fully saturated rings. The minimum Gasteiger partial charge on any atom is -0.497 e. The number of ether oxygens (including phenoxy) is 3. The summed E-state index contributed by atoms with van der Waals surface area (Å²) in [5.41, 5.74) is 0. The molecule has 1 saturated carbocycles. The van der Waals surface area contributed by atoms with Crippen molar-refractivity contribution in [1.29, 1.82) is 0 Å². The van der Waals surface area contributed by atoms with E-state index in [4.69, 9.17) is 14.2 Å². The second-order valence-corrected chi connectivity index (χ2v) is 6.36. The fourth-order valence-electron chi connectivity index (χ4n) is 2.30. The van der Waals surface area contributed by atoms with Crippen molar-refractivity contribution in [3.63, 3.8) is 0 Å². The fourth-order valence-corrected chi connectivity index (χ4v) is 2.30. The zero-order valence-corrected chi connectivity index (χ0v) is 15.6. The Labute approximate surface area is 151 Å². The van der Waals surface area contributed by atoms with Gasteiger partial charge >= 0.3 is 0 Å². The second kappa shape index (κ2) is 10.8. The largest absolute Gasteiger partial charge is 0.497 e. The van der Waals surface area contributed by atoms with Crippen LogP contribution in [0.4, 0.5) is 0 Å². The number of hydrogen-bond donors (Lipinski definition) is 2. The van der Waals surface area contributed by atoms with Crippen molar-refractivity contribution in [3.05, 3.63) is 24.3 Å². The summed E-state index contributed by atoms with van der Waals surface area (Å²) in [5, 5.41) is 6.57. The molecular weight excluding hydrogens is 318 g/mol. The second-order valence-electron chi connectivity index (χ2n) is 6.36. The summed E-state index contributed by atoms with van der Waals surface area (Å²) in [6, 6.07) is 7.59. The summed E-state index contributed by atoms with van der Waals surface area (Å²) in [6.07, 6.45) is 3.68. The van der Waals surface area contributed by atoms with Gasteiger partial charge < -0.3 is 24.8 Å². The molecule has 0 amide bonds. The third-order valence-electron chi connectivity index (χ3n) is 3.99. The Morgan fingerprint density at radius 2 is 1.92 bits per heavy atom. The van der Waals surface area contributed by atoms with E-state index in [1.165, 1.54) is 12.8 Å². The number of hydrogen-bond acceptors (Lipinski definition) is 4. The van der Waals surface area contributed by atoms with Gasteiger partial charge in [0.2, 0.25) is 0 Å². The predicted octanol–water partition coefficient (Wildman–Crippen LogP) is 2.44. The van der Waals surface area contributed by atoms with E-state index < -0.39 is 0 Å². The van der Waals surface area contributed by atoms with Gasteiger partial charge in [0.25, 0.3) is 0 Å². The van der Waals surface area contributed by atoms with Gasteiger partial charge in [-0.3, -0.25) is 4.99 Å². The van der Waals surface area contributed by atoms with E-state index in [2.05, 4.69) is 15.6 Å². The van der Waals surface area contributed by atoms with Crippen LogP contribution in [-0.4, -0.2) is 52.5 Å². The lowest BCUT2D eigenvalue weighted by atomic mass is 10.3. The molecule has 0 saturated heterocycles. The van der Waals surface area contributed by atoms with E-state index in [0.29, 0.717) is 6.54 Å². The molecule has 1 atom stereocenters. The molecule has 0 spiro atoms. The van der Waals surface area contributed by atoms with Crippen LogP contribution in [0.25, 0.3) is 0 Å². The molecule has 6 nitrogen and oxygen atoms in total. The van der Waals surface area contributed by atoms with Crippen LogP contribution in [0.3, 0.4) is 0 Å². The summed E-state index contributed by atoms with van der Waals surface area (Å²) in [5.74, 6) is 3.26. The summed E-state index contributed by atoms with van der Waals surface area (Å²) in [7, 11) is 3.42. The average Bonchev–Trinajstić information content (AvgIpc) is 3.45. The molecular formula is C19H31N3O3. The van der Waals surface area contributed by atoms with Crippen molar-refractivity contribution in [3.8, 4) is 11.5 Å². The van der Waals surface area contributed by atoms with Crippen molar-refractivity contribution < 1.29 is 14.2 Å². The van der Waals surface area contributed by atoms with Crippen LogP contribution in [-0.2, 0) is 4.74 Å². The van der Waals surface area contributed by atoms with Gasteiger partial charge in [0.05, 0.1) is 13.7 Å². The average molecular weight is 349 g/mol. The Kier molecular flexibility index (Phi) is 8.39. The molecule has 2 N–H and O–H groups in total. The highest BCUT2D eigenvalue weighted by molar-refractivity contribution is 5.79. The predicted molar refractivity (Wildman–Crippen MR) is 101 cm³/mol. The van der Waals surface area contributed by atoms with Crippen molar-refractivity contribution >= 4 is 5.96 Å².